The lowest BCUT2D eigenvalue weighted by atomic mass is 10.0. The number of nitrogens with zero attached hydrogens (tertiary/aromatic N) is 2. The van der Waals surface area contributed by atoms with E-state index in [9.17, 15) is 23.1 Å². The zero-order chi connectivity index (χ0) is 32.4. The van der Waals surface area contributed by atoms with Crippen molar-refractivity contribution in [3.05, 3.63) is 54.1 Å². The van der Waals surface area contributed by atoms with Crippen LogP contribution in [0.3, 0.4) is 0 Å². The second-order valence-corrected chi connectivity index (χ2v) is 13.6. The lowest BCUT2D eigenvalue weighted by Gasteiger charge is -2.36. The van der Waals surface area contributed by atoms with Gasteiger partial charge in [0.15, 0.2) is 0 Å². The number of carbonyl (C=O) groups is 2. The molecule has 3 N–H and O–H groups in total. The molecule has 0 saturated heterocycles. The standard InChI is InChI=1S/C32H48N4O7S/c1-22(2)33-32(39)35(6)20-30-23(3)19-36(24(4)21-37)31(38)28-18-26(34-44(40,41)27-13-8-7-9-14-27)15-16-29(28)43-25(5)12-10-11-17-42-30/h7-9,13-16,18,22-25,30,34,37H,10-12,17,19-21H2,1-6H3,(H,33,39)/t23-,24-,25-,30-/m0/s1. The van der Waals surface area contributed by atoms with Crippen LogP contribution in [-0.4, -0.2) is 92.9 Å². The predicted molar refractivity (Wildman–Crippen MR) is 170 cm³/mol. The molecule has 1 aliphatic rings. The number of nitrogens with one attached hydrogen (secondary N) is 2. The predicted octanol–water partition coefficient (Wildman–Crippen LogP) is 4.33. The summed E-state index contributed by atoms with van der Waals surface area (Å²) in [4.78, 5) is 30.1. The molecule has 44 heavy (non-hydrogen) atoms. The van der Waals surface area contributed by atoms with Crippen LogP contribution in [0.2, 0.25) is 0 Å². The van der Waals surface area contributed by atoms with E-state index in [4.69, 9.17) is 9.47 Å². The first kappa shape index (κ1) is 35.1. The molecule has 1 aliphatic heterocycles. The monoisotopic (exact) mass is 632 g/mol. The number of urea groups is 1. The van der Waals surface area contributed by atoms with E-state index in [2.05, 4.69) is 10.0 Å². The number of aliphatic hydroxyl groups is 1. The fourth-order valence-electron chi connectivity index (χ4n) is 4.97. The Hall–Kier alpha value is -3.35. The summed E-state index contributed by atoms with van der Waals surface area (Å²) < 4.78 is 41.2. The largest absolute Gasteiger partial charge is 0.490 e. The van der Waals surface area contributed by atoms with Crippen LogP contribution in [0.5, 0.6) is 5.75 Å². The van der Waals surface area contributed by atoms with Crippen LogP contribution in [0.15, 0.2) is 53.4 Å². The van der Waals surface area contributed by atoms with E-state index < -0.39 is 22.0 Å². The lowest BCUT2D eigenvalue weighted by molar-refractivity contribution is -0.0122. The van der Waals surface area contributed by atoms with Gasteiger partial charge in [-0.05, 0) is 77.3 Å². The molecule has 0 saturated carbocycles. The Labute approximate surface area is 262 Å². The second kappa shape index (κ2) is 16.1. The van der Waals surface area contributed by atoms with Gasteiger partial charge in [0, 0.05) is 44.4 Å². The maximum Gasteiger partial charge on any atom is 0.317 e. The van der Waals surface area contributed by atoms with Crippen LogP contribution in [0, 0.1) is 5.92 Å². The topological polar surface area (TPSA) is 138 Å². The molecule has 2 aromatic rings. The quantitative estimate of drug-likeness (QED) is 0.394. The highest BCUT2D eigenvalue weighted by molar-refractivity contribution is 7.92. The van der Waals surface area contributed by atoms with Crippen molar-refractivity contribution in [3.63, 3.8) is 0 Å². The number of hydrogen-bond donors (Lipinski definition) is 3. The Balaban J connectivity index is 1.98. The Bertz CT molecular complexity index is 1340. The third-order valence-corrected chi connectivity index (χ3v) is 8.97. The Kier molecular flexibility index (Phi) is 12.9. The molecule has 0 unspecified atom stereocenters. The molecule has 4 atom stereocenters. The van der Waals surface area contributed by atoms with E-state index in [1.807, 2.05) is 27.7 Å². The first-order valence-electron chi connectivity index (χ1n) is 15.3. The summed E-state index contributed by atoms with van der Waals surface area (Å²) >= 11 is 0. The molecule has 12 heteroatoms. The molecule has 0 aromatic heterocycles. The van der Waals surface area contributed by atoms with Gasteiger partial charge in [-0.3, -0.25) is 9.52 Å². The van der Waals surface area contributed by atoms with Gasteiger partial charge in [-0.15, -0.1) is 0 Å². The molecular formula is C32H48N4O7S. The number of likely N-dealkylation sites (N-methyl/N-ethyl adjacent to an activating group) is 1. The van der Waals surface area contributed by atoms with Gasteiger partial charge in [-0.2, -0.15) is 0 Å². The summed E-state index contributed by atoms with van der Waals surface area (Å²) in [5.74, 6) is -0.292. The van der Waals surface area contributed by atoms with Crippen molar-refractivity contribution in [1.82, 2.24) is 15.1 Å². The van der Waals surface area contributed by atoms with Crippen molar-refractivity contribution in [2.24, 2.45) is 5.92 Å². The molecule has 3 rings (SSSR count). The highest BCUT2D eigenvalue weighted by Gasteiger charge is 2.31. The maximum absolute atomic E-state index is 14.2. The molecular weight excluding hydrogens is 584 g/mol. The van der Waals surface area contributed by atoms with Crippen molar-refractivity contribution in [2.45, 2.75) is 83.1 Å². The number of hydrogen-bond acceptors (Lipinski definition) is 7. The summed E-state index contributed by atoms with van der Waals surface area (Å²) in [5, 5.41) is 13.0. The number of amides is 3. The molecule has 0 fully saturated rings. The summed E-state index contributed by atoms with van der Waals surface area (Å²) in [6, 6.07) is 11.9. The van der Waals surface area contributed by atoms with E-state index in [0.29, 0.717) is 25.3 Å². The average Bonchev–Trinajstić information content (AvgIpc) is 2.98. The minimum atomic E-state index is -3.90. The summed E-state index contributed by atoms with van der Waals surface area (Å²) in [6.45, 7) is 10.2. The number of anilines is 1. The van der Waals surface area contributed by atoms with Crippen LogP contribution in [0.1, 0.15) is 64.2 Å². The van der Waals surface area contributed by atoms with Gasteiger partial charge >= 0.3 is 6.03 Å². The van der Waals surface area contributed by atoms with Crippen molar-refractivity contribution in [1.29, 1.82) is 0 Å². The zero-order valence-corrected chi connectivity index (χ0v) is 27.5. The van der Waals surface area contributed by atoms with Crippen molar-refractivity contribution < 1.29 is 32.6 Å². The van der Waals surface area contributed by atoms with Crippen molar-refractivity contribution >= 4 is 27.6 Å². The summed E-state index contributed by atoms with van der Waals surface area (Å²) in [5.41, 5.74) is 0.391. The maximum atomic E-state index is 14.2. The summed E-state index contributed by atoms with van der Waals surface area (Å²) in [6.07, 6.45) is 1.74. The number of rotatable bonds is 8. The minimum Gasteiger partial charge on any atom is -0.490 e. The van der Waals surface area contributed by atoms with Crippen LogP contribution >= 0.6 is 0 Å². The van der Waals surface area contributed by atoms with E-state index in [1.54, 1.807) is 54.1 Å². The highest BCUT2D eigenvalue weighted by Crippen LogP contribution is 2.29. The second-order valence-electron chi connectivity index (χ2n) is 11.9. The Morgan fingerprint density at radius 2 is 1.82 bits per heavy atom. The molecule has 244 valence electrons. The van der Waals surface area contributed by atoms with E-state index in [-0.39, 0.29) is 59.5 Å². The fraction of sp³-hybridized carbons (Fsp3) is 0.562. The number of carbonyl (C=O) groups excluding carboxylic acids is 2. The van der Waals surface area contributed by atoms with Gasteiger partial charge < -0.3 is 29.7 Å². The van der Waals surface area contributed by atoms with Gasteiger partial charge in [-0.25, -0.2) is 13.2 Å². The molecule has 3 amide bonds. The SMILES string of the molecule is CC(C)NC(=O)N(C)C[C@@H]1OCCCC[C@H](C)Oc2ccc(NS(=O)(=O)c3ccccc3)cc2C(=O)N([C@@H](C)CO)C[C@@H]1C. The number of aliphatic hydroxyl groups excluding tert-OH is 1. The lowest BCUT2D eigenvalue weighted by Crippen LogP contribution is -2.49. The highest BCUT2D eigenvalue weighted by atomic mass is 32.2. The van der Waals surface area contributed by atoms with Gasteiger partial charge in [0.05, 0.1) is 35.3 Å². The first-order valence-corrected chi connectivity index (χ1v) is 16.7. The van der Waals surface area contributed by atoms with Gasteiger partial charge in [0.25, 0.3) is 15.9 Å². The smallest absolute Gasteiger partial charge is 0.317 e. The van der Waals surface area contributed by atoms with E-state index in [0.717, 1.165) is 12.8 Å². The third-order valence-electron chi connectivity index (χ3n) is 7.57. The minimum absolute atomic E-state index is 0.0165. The number of benzene rings is 2. The molecule has 0 bridgehead atoms. The van der Waals surface area contributed by atoms with Gasteiger partial charge in [0.1, 0.15) is 5.75 Å². The zero-order valence-electron chi connectivity index (χ0n) is 26.7. The van der Waals surface area contributed by atoms with Crippen LogP contribution < -0.4 is 14.8 Å². The van der Waals surface area contributed by atoms with Gasteiger partial charge in [-0.1, -0.05) is 25.1 Å². The molecule has 0 spiro atoms. The third kappa shape index (κ3) is 9.83. The molecule has 0 radical (unpaired) electrons. The van der Waals surface area contributed by atoms with E-state index in [1.165, 1.54) is 18.2 Å². The molecule has 2 aromatic carbocycles. The van der Waals surface area contributed by atoms with Crippen LogP contribution in [0.4, 0.5) is 10.5 Å². The molecule has 1 heterocycles. The van der Waals surface area contributed by atoms with Crippen molar-refractivity contribution in [2.75, 3.05) is 38.1 Å². The fourth-order valence-corrected chi connectivity index (χ4v) is 6.04. The Morgan fingerprint density at radius 3 is 2.48 bits per heavy atom. The normalized spacial score (nSPS) is 21.0. The molecule has 11 nitrogen and oxygen atoms in total. The van der Waals surface area contributed by atoms with E-state index >= 15 is 0 Å². The Morgan fingerprint density at radius 1 is 1.11 bits per heavy atom. The number of sulfonamides is 1. The average molecular weight is 633 g/mol. The molecule has 0 aliphatic carbocycles. The number of fused-ring (bicyclic) bond motifs is 1. The summed E-state index contributed by atoms with van der Waals surface area (Å²) in [7, 11) is -2.19. The van der Waals surface area contributed by atoms with Gasteiger partial charge in [0.2, 0.25) is 0 Å². The van der Waals surface area contributed by atoms with Crippen LogP contribution in [0.25, 0.3) is 0 Å². The first-order chi connectivity index (χ1) is 20.8. The van der Waals surface area contributed by atoms with Crippen molar-refractivity contribution in [3.8, 4) is 5.75 Å². The van der Waals surface area contributed by atoms with Crippen LogP contribution in [-0.2, 0) is 14.8 Å². The number of ether oxygens (including phenoxy) is 2.